The molecule has 0 aliphatic carbocycles. The molecular weight excluding hydrogens is 160 g/mol. The average Bonchev–Trinajstić information content (AvgIpc) is 2.11. The van der Waals surface area contributed by atoms with Crippen molar-refractivity contribution < 1.29 is 17.9 Å². The fourth-order valence-electron chi connectivity index (χ4n) is 0.475. The van der Waals surface area contributed by atoms with Crippen molar-refractivity contribution in [2.24, 2.45) is 10.1 Å². The van der Waals surface area contributed by atoms with E-state index in [1.807, 2.05) is 0 Å². The Morgan fingerprint density at radius 1 is 1.70 bits per heavy atom. The van der Waals surface area contributed by atoms with Gasteiger partial charge in [-0.25, -0.2) is 13.6 Å². The minimum absolute atomic E-state index is 0.761. The predicted molar refractivity (Wildman–Crippen MR) is 31.5 cm³/mol. The van der Waals surface area contributed by atoms with Crippen molar-refractivity contribution in [2.75, 3.05) is 0 Å². The van der Waals surface area contributed by atoms with Crippen LogP contribution in [0.3, 0.4) is 0 Å². The van der Waals surface area contributed by atoms with Crippen molar-refractivity contribution in [3.8, 4) is 0 Å². The molecule has 1 atom stereocenters. The van der Waals surface area contributed by atoms with Gasteiger partial charge in [0, 0.05) is 0 Å². The van der Waals surface area contributed by atoms with Crippen molar-refractivity contribution in [3.63, 3.8) is 0 Å². The Bertz CT molecular complexity index is 279. The molecule has 1 heterocycles. The van der Waals surface area contributed by atoms with Gasteiger partial charge in [0.05, 0.1) is 0 Å². The van der Waals surface area contributed by atoms with Crippen LogP contribution in [0.1, 0.15) is 0 Å². The zero-order valence-corrected chi connectivity index (χ0v) is 5.54. The van der Waals surface area contributed by atoms with Gasteiger partial charge in [-0.3, -0.25) is 4.79 Å². The molecule has 1 aliphatic rings. The molecule has 7 heteroatoms. The van der Waals surface area contributed by atoms with Crippen molar-refractivity contribution in [2.45, 2.75) is 5.44 Å². The van der Waals surface area contributed by atoms with Crippen LogP contribution in [0.5, 0.6) is 0 Å². The lowest BCUT2D eigenvalue weighted by molar-refractivity contribution is -0.119. The molecule has 2 N–H and O–H groups in total. The molecule has 0 radical (unpaired) electrons. The minimum Gasteiger partial charge on any atom is -0.452 e. The maximum absolute atomic E-state index is 10.4. The smallest absolute Gasteiger partial charge is 0.306 e. The van der Waals surface area contributed by atoms with Crippen LogP contribution in [-0.2, 0) is 19.6 Å². The second-order valence-electron chi connectivity index (χ2n) is 1.63. The Hall–Kier alpha value is -0.950. The first kappa shape index (κ1) is 7.16. The largest absolute Gasteiger partial charge is 0.452 e. The third kappa shape index (κ3) is 1.14. The van der Waals surface area contributed by atoms with E-state index in [2.05, 4.69) is 14.9 Å². The summed E-state index contributed by atoms with van der Waals surface area (Å²) in [6.07, 6.45) is 0.761. The van der Waals surface area contributed by atoms with Crippen LogP contribution in [0, 0.1) is 0 Å². The van der Waals surface area contributed by atoms with E-state index in [9.17, 15) is 13.2 Å². The molecule has 0 saturated carbocycles. The highest BCUT2D eigenvalue weighted by atomic mass is 32.2. The van der Waals surface area contributed by atoms with Gasteiger partial charge in [0.2, 0.25) is 0 Å². The fraction of sp³-hybridized carbons (Fsp3) is 0.333. The second kappa shape index (κ2) is 2.03. The van der Waals surface area contributed by atoms with E-state index in [-0.39, 0.29) is 0 Å². The van der Waals surface area contributed by atoms with Gasteiger partial charge in [-0.2, -0.15) is 4.99 Å². The van der Waals surface area contributed by atoms with Gasteiger partial charge in [-0.1, -0.05) is 0 Å². The zero-order chi connectivity index (χ0) is 7.78. The van der Waals surface area contributed by atoms with E-state index in [0.717, 1.165) is 6.40 Å². The molecule has 10 heavy (non-hydrogen) atoms. The molecule has 1 unspecified atom stereocenters. The average molecular weight is 164 g/mol. The molecule has 0 spiro atoms. The topological polar surface area (TPSA) is 98.8 Å². The number of primary sulfonamides is 1. The highest BCUT2D eigenvalue weighted by Crippen LogP contribution is 2.04. The van der Waals surface area contributed by atoms with Gasteiger partial charge in [-0.05, 0) is 0 Å². The number of carbonyl (C=O) groups excluding carboxylic acids is 1. The van der Waals surface area contributed by atoms with E-state index < -0.39 is 21.4 Å². The number of amides is 1. The zero-order valence-electron chi connectivity index (χ0n) is 4.72. The summed E-state index contributed by atoms with van der Waals surface area (Å²) in [5.74, 6) is -0.887. The Balaban J connectivity index is 2.90. The summed E-state index contributed by atoms with van der Waals surface area (Å²) in [5, 5.41) is 4.58. The summed E-state index contributed by atoms with van der Waals surface area (Å²) in [6.45, 7) is 0. The maximum atomic E-state index is 10.4. The number of ether oxygens (including phenoxy) is 1. The number of carbonyl (C=O) groups is 1. The third-order valence-electron chi connectivity index (χ3n) is 0.864. The van der Waals surface area contributed by atoms with Crippen LogP contribution < -0.4 is 5.14 Å². The quantitative estimate of drug-likeness (QED) is 0.493. The maximum Gasteiger partial charge on any atom is 0.306 e. The van der Waals surface area contributed by atoms with Crippen LogP contribution in [0.15, 0.2) is 4.99 Å². The Labute approximate surface area is 56.7 Å². The van der Waals surface area contributed by atoms with E-state index in [1.54, 1.807) is 0 Å². The summed E-state index contributed by atoms with van der Waals surface area (Å²) in [6, 6.07) is 0. The molecule has 0 bridgehead atoms. The Kier molecular flexibility index (Phi) is 1.45. The van der Waals surface area contributed by atoms with E-state index in [4.69, 9.17) is 0 Å². The van der Waals surface area contributed by atoms with Crippen molar-refractivity contribution >= 4 is 22.3 Å². The van der Waals surface area contributed by atoms with E-state index >= 15 is 0 Å². The first-order chi connectivity index (χ1) is 4.52. The Morgan fingerprint density at radius 3 is 2.50 bits per heavy atom. The van der Waals surface area contributed by atoms with Gasteiger partial charge < -0.3 is 4.74 Å². The summed E-state index contributed by atoms with van der Waals surface area (Å²) < 4.78 is 25.1. The molecule has 6 nitrogen and oxygen atoms in total. The molecule has 0 fully saturated rings. The first-order valence-electron chi connectivity index (χ1n) is 2.25. The molecule has 56 valence electrons. The standard InChI is InChI=1S/C3H4N2O4S/c4-10(7,8)3-2(6)5-1-9-3/h1,3H,(H2,4,7,8). The van der Waals surface area contributed by atoms with E-state index in [1.165, 1.54) is 0 Å². The third-order valence-corrected chi connectivity index (χ3v) is 1.77. The van der Waals surface area contributed by atoms with Gasteiger partial charge in [0.15, 0.2) is 6.40 Å². The summed E-state index contributed by atoms with van der Waals surface area (Å²) in [7, 11) is -3.95. The minimum atomic E-state index is -3.95. The van der Waals surface area contributed by atoms with Crippen LogP contribution in [-0.4, -0.2) is 26.2 Å². The van der Waals surface area contributed by atoms with E-state index in [0.29, 0.717) is 0 Å². The van der Waals surface area contributed by atoms with Gasteiger partial charge >= 0.3 is 5.91 Å². The fourth-order valence-corrected chi connectivity index (χ4v) is 1.02. The normalized spacial score (nSPS) is 24.9. The Morgan fingerprint density at radius 2 is 2.30 bits per heavy atom. The lowest BCUT2D eigenvalue weighted by atomic mass is 10.7. The van der Waals surface area contributed by atoms with Crippen LogP contribution in [0.25, 0.3) is 0 Å². The second-order valence-corrected chi connectivity index (χ2v) is 3.24. The van der Waals surface area contributed by atoms with Crippen LogP contribution in [0.2, 0.25) is 0 Å². The molecule has 1 amide bonds. The number of nitrogens with two attached hydrogens (primary N) is 1. The van der Waals surface area contributed by atoms with Gasteiger partial charge in [0.1, 0.15) is 0 Å². The SMILES string of the molecule is NS(=O)(=O)C1OC=NC1=O. The molecule has 1 aliphatic heterocycles. The first-order valence-corrected chi connectivity index (χ1v) is 3.86. The van der Waals surface area contributed by atoms with Crippen molar-refractivity contribution in [3.05, 3.63) is 0 Å². The van der Waals surface area contributed by atoms with Crippen molar-refractivity contribution in [1.82, 2.24) is 0 Å². The van der Waals surface area contributed by atoms with Gasteiger partial charge in [-0.15, -0.1) is 0 Å². The lowest BCUT2D eigenvalue weighted by Gasteiger charge is -2.01. The number of rotatable bonds is 1. The number of hydrogen-bond acceptors (Lipinski definition) is 4. The molecule has 1 rings (SSSR count). The highest BCUT2D eigenvalue weighted by Gasteiger charge is 2.33. The molecular formula is C3H4N2O4S. The number of aliphatic imine (C=N–C) groups is 1. The molecule has 0 aromatic carbocycles. The molecule has 0 aromatic heterocycles. The molecule has 0 saturated heterocycles. The summed E-state index contributed by atoms with van der Waals surface area (Å²) in [5.41, 5.74) is -1.63. The number of hydrogen-bond donors (Lipinski definition) is 1. The predicted octanol–water partition coefficient (Wildman–Crippen LogP) is -1.81. The highest BCUT2D eigenvalue weighted by molar-refractivity contribution is 7.90. The number of sulfonamides is 1. The van der Waals surface area contributed by atoms with Gasteiger partial charge in [0.25, 0.3) is 15.5 Å². The summed E-state index contributed by atoms with van der Waals surface area (Å²) in [4.78, 5) is 13.5. The number of nitrogens with zero attached hydrogens (tertiary/aromatic N) is 1. The lowest BCUT2D eigenvalue weighted by Crippen LogP contribution is -2.33. The summed E-state index contributed by atoms with van der Waals surface area (Å²) >= 11 is 0. The molecule has 0 aromatic rings. The van der Waals surface area contributed by atoms with Crippen LogP contribution in [0.4, 0.5) is 0 Å². The van der Waals surface area contributed by atoms with Crippen molar-refractivity contribution in [1.29, 1.82) is 0 Å². The monoisotopic (exact) mass is 164 g/mol. The van der Waals surface area contributed by atoms with Crippen LogP contribution >= 0.6 is 0 Å².